The summed E-state index contributed by atoms with van der Waals surface area (Å²) in [4.78, 5) is 4.90. The second-order valence-electron chi connectivity index (χ2n) is 5.86. The maximum Gasteiger partial charge on any atom is 0.0994 e. The molecule has 0 saturated carbocycles. The van der Waals surface area contributed by atoms with Crippen LogP contribution in [-0.4, -0.2) is 55.7 Å². The van der Waals surface area contributed by atoms with Crippen molar-refractivity contribution in [3.8, 4) is 6.07 Å². The summed E-state index contributed by atoms with van der Waals surface area (Å²) in [5, 5.41) is 9.15. The maximum absolute atomic E-state index is 9.15. The van der Waals surface area contributed by atoms with Crippen molar-refractivity contribution in [1.82, 2.24) is 9.80 Å². The van der Waals surface area contributed by atoms with Gasteiger partial charge in [0.2, 0.25) is 0 Å². The van der Waals surface area contributed by atoms with Crippen LogP contribution in [-0.2, 0) is 4.74 Å². The van der Waals surface area contributed by atoms with Gasteiger partial charge in [0.05, 0.1) is 24.3 Å². The number of piperazine rings is 1. The van der Waals surface area contributed by atoms with Gasteiger partial charge in [-0.3, -0.25) is 4.90 Å². The lowest BCUT2D eigenvalue weighted by molar-refractivity contribution is -0.0874. The number of rotatable bonds is 1. The number of likely N-dealkylation sites (N-methyl/N-ethyl adjacent to an activating group) is 1. The summed E-state index contributed by atoms with van der Waals surface area (Å²) in [7, 11) is 2.17. The highest BCUT2D eigenvalue weighted by atomic mass is 16.5. The number of benzene rings is 1. The van der Waals surface area contributed by atoms with Crippen LogP contribution in [0.4, 0.5) is 0 Å². The zero-order chi connectivity index (χ0) is 14.1. The van der Waals surface area contributed by atoms with Gasteiger partial charge in [0.1, 0.15) is 0 Å². The lowest BCUT2D eigenvalue weighted by atomic mass is 9.96. The van der Waals surface area contributed by atoms with E-state index in [0.29, 0.717) is 6.04 Å². The quantitative estimate of drug-likeness (QED) is 0.777. The fraction of sp³-hybridized carbons (Fsp3) is 0.562. The van der Waals surface area contributed by atoms with Gasteiger partial charge in [-0.15, -0.1) is 0 Å². The van der Waals surface area contributed by atoms with Crippen LogP contribution in [0.3, 0.4) is 0 Å². The number of fused-ring (bicyclic) bond motifs is 1. The first kappa shape index (κ1) is 13.6. The number of morpholine rings is 1. The zero-order valence-electron chi connectivity index (χ0n) is 12.2. The second kappa shape index (κ2) is 5.53. The topological polar surface area (TPSA) is 39.5 Å². The van der Waals surface area contributed by atoms with Crippen LogP contribution in [0, 0.1) is 18.3 Å². The molecule has 2 saturated heterocycles. The maximum atomic E-state index is 9.15. The summed E-state index contributed by atoms with van der Waals surface area (Å²) in [6.45, 7) is 7.06. The van der Waals surface area contributed by atoms with Gasteiger partial charge in [0, 0.05) is 32.2 Å². The van der Waals surface area contributed by atoms with E-state index in [1.807, 2.05) is 19.1 Å². The van der Waals surface area contributed by atoms with E-state index >= 15 is 0 Å². The third-order valence-corrected chi connectivity index (χ3v) is 4.54. The highest BCUT2D eigenvalue weighted by molar-refractivity contribution is 5.43. The monoisotopic (exact) mass is 271 g/mol. The van der Waals surface area contributed by atoms with Crippen molar-refractivity contribution in [3.05, 3.63) is 34.9 Å². The van der Waals surface area contributed by atoms with Crippen LogP contribution in [0.2, 0.25) is 0 Å². The Morgan fingerprint density at radius 3 is 2.95 bits per heavy atom. The number of nitriles is 1. The van der Waals surface area contributed by atoms with Crippen molar-refractivity contribution in [1.29, 1.82) is 5.26 Å². The lowest BCUT2D eigenvalue weighted by Gasteiger charge is -2.45. The highest BCUT2D eigenvalue weighted by Crippen LogP contribution is 2.29. The summed E-state index contributed by atoms with van der Waals surface area (Å²) < 4.78 is 6.08. The zero-order valence-corrected chi connectivity index (χ0v) is 12.2. The summed E-state index contributed by atoms with van der Waals surface area (Å²) in [6.07, 6.45) is 0.1000. The number of hydrogen-bond donors (Lipinski definition) is 0. The van der Waals surface area contributed by atoms with Crippen LogP contribution in [0.25, 0.3) is 0 Å². The number of nitrogens with zero attached hydrogens (tertiary/aromatic N) is 3. The van der Waals surface area contributed by atoms with Gasteiger partial charge in [-0.25, -0.2) is 0 Å². The van der Waals surface area contributed by atoms with Crippen molar-refractivity contribution in [3.63, 3.8) is 0 Å². The molecule has 4 heteroatoms. The van der Waals surface area contributed by atoms with Gasteiger partial charge in [0.25, 0.3) is 0 Å². The SMILES string of the molecule is Cc1c(C#N)cccc1C1CN2CCN(C)CC2CO1. The minimum Gasteiger partial charge on any atom is -0.370 e. The average molecular weight is 271 g/mol. The molecule has 2 fully saturated rings. The number of ether oxygens (including phenoxy) is 1. The molecule has 3 rings (SSSR count). The van der Waals surface area contributed by atoms with E-state index in [-0.39, 0.29) is 6.10 Å². The average Bonchev–Trinajstić information content (AvgIpc) is 2.47. The standard InChI is InChI=1S/C16H21N3O/c1-12-13(8-17)4-3-5-15(12)16-10-19-7-6-18(2)9-14(19)11-20-16/h3-5,14,16H,6-7,9-11H2,1-2H3. The molecule has 106 valence electrons. The van der Waals surface area contributed by atoms with E-state index in [9.17, 15) is 0 Å². The molecule has 0 amide bonds. The minimum atomic E-state index is 0.1000. The van der Waals surface area contributed by atoms with E-state index in [0.717, 1.165) is 43.9 Å². The fourth-order valence-corrected chi connectivity index (χ4v) is 3.25. The molecule has 2 unspecified atom stereocenters. The predicted octanol–water partition coefficient (Wildman–Crippen LogP) is 1.55. The van der Waals surface area contributed by atoms with Gasteiger partial charge >= 0.3 is 0 Å². The first-order valence-corrected chi connectivity index (χ1v) is 7.23. The molecule has 1 aromatic rings. The molecule has 0 radical (unpaired) electrons. The van der Waals surface area contributed by atoms with Crippen molar-refractivity contribution in [2.45, 2.75) is 19.1 Å². The van der Waals surface area contributed by atoms with Gasteiger partial charge in [-0.2, -0.15) is 5.26 Å². The summed E-state index contributed by atoms with van der Waals surface area (Å²) >= 11 is 0. The first-order chi connectivity index (χ1) is 9.69. The van der Waals surface area contributed by atoms with E-state index in [4.69, 9.17) is 10.00 Å². The predicted molar refractivity (Wildman–Crippen MR) is 77.4 cm³/mol. The van der Waals surface area contributed by atoms with Crippen molar-refractivity contribution in [2.24, 2.45) is 0 Å². The van der Waals surface area contributed by atoms with Gasteiger partial charge < -0.3 is 9.64 Å². The molecule has 2 aliphatic heterocycles. The Labute approximate surface area is 120 Å². The molecule has 2 heterocycles. The molecule has 2 aliphatic rings. The van der Waals surface area contributed by atoms with E-state index in [2.05, 4.69) is 29.0 Å². The Morgan fingerprint density at radius 1 is 1.30 bits per heavy atom. The van der Waals surface area contributed by atoms with Crippen LogP contribution in [0.5, 0.6) is 0 Å². The van der Waals surface area contributed by atoms with Crippen molar-refractivity contribution in [2.75, 3.05) is 39.8 Å². The normalized spacial score (nSPS) is 27.9. The molecular weight excluding hydrogens is 250 g/mol. The summed E-state index contributed by atoms with van der Waals surface area (Å²) in [5.74, 6) is 0. The first-order valence-electron chi connectivity index (χ1n) is 7.23. The molecule has 20 heavy (non-hydrogen) atoms. The Balaban J connectivity index is 1.79. The van der Waals surface area contributed by atoms with E-state index in [1.165, 1.54) is 5.56 Å². The third kappa shape index (κ3) is 2.45. The Bertz CT molecular complexity index is 537. The third-order valence-electron chi connectivity index (χ3n) is 4.54. The molecule has 0 aromatic heterocycles. The molecule has 0 N–H and O–H groups in total. The summed E-state index contributed by atoms with van der Waals surface area (Å²) in [6, 6.07) is 8.71. The van der Waals surface area contributed by atoms with Crippen molar-refractivity contribution >= 4 is 0 Å². The summed E-state index contributed by atoms with van der Waals surface area (Å²) in [5.41, 5.74) is 2.99. The van der Waals surface area contributed by atoms with Crippen LogP contribution in [0.1, 0.15) is 22.8 Å². The Morgan fingerprint density at radius 2 is 2.15 bits per heavy atom. The van der Waals surface area contributed by atoms with Gasteiger partial charge in [-0.1, -0.05) is 12.1 Å². The second-order valence-corrected chi connectivity index (χ2v) is 5.86. The smallest absolute Gasteiger partial charge is 0.0994 e. The van der Waals surface area contributed by atoms with Crippen molar-refractivity contribution < 1.29 is 4.74 Å². The molecular formula is C16H21N3O. The lowest BCUT2D eigenvalue weighted by Crippen LogP contribution is -2.57. The van der Waals surface area contributed by atoms with Crippen LogP contribution in [0.15, 0.2) is 18.2 Å². The largest absolute Gasteiger partial charge is 0.370 e. The van der Waals surface area contributed by atoms with Crippen LogP contribution < -0.4 is 0 Å². The minimum absolute atomic E-state index is 0.1000. The highest BCUT2D eigenvalue weighted by Gasteiger charge is 2.33. The molecule has 0 spiro atoms. The molecule has 4 nitrogen and oxygen atoms in total. The molecule has 0 aliphatic carbocycles. The Kier molecular flexibility index (Phi) is 3.75. The Hall–Kier alpha value is -1.41. The van der Waals surface area contributed by atoms with E-state index < -0.39 is 0 Å². The van der Waals surface area contributed by atoms with Gasteiger partial charge in [0.15, 0.2) is 0 Å². The number of hydrogen-bond acceptors (Lipinski definition) is 4. The van der Waals surface area contributed by atoms with Crippen LogP contribution >= 0.6 is 0 Å². The van der Waals surface area contributed by atoms with Gasteiger partial charge in [-0.05, 0) is 31.2 Å². The molecule has 0 bridgehead atoms. The fourth-order valence-electron chi connectivity index (χ4n) is 3.25. The van der Waals surface area contributed by atoms with E-state index in [1.54, 1.807) is 0 Å². The molecule has 1 aromatic carbocycles. The molecule has 2 atom stereocenters.